The van der Waals surface area contributed by atoms with E-state index in [1.54, 1.807) is 7.11 Å². The van der Waals surface area contributed by atoms with Gasteiger partial charge < -0.3 is 10.5 Å². The first kappa shape index (κ1) is 13.9. The number of thiocarbonyl (C=S) groups is 1. The Morgan fingerprint density at radius 3 is 2.53 bits per heavy atom. The average Bonchev–Trinajstić information content (AvgIpc) is 2.35. The van der Waals surface area contributed by atoms with Crippen molar-refractivity contribution < 1.29 is 4.74 Å². The van der Waals surface area contributed by atoms with Crippen molar-refractivity contribution in [2.24, 2.45) is 5.73 Å². The van der Waals surface area contributed by atoms with Crippen molar-refractivity contribution in [3.63, 3.8) is 0 Å². The standard InChI is InChI=1S/C13H20N2OS/c1-4-15(5-2)12(13(14)17)10-7-6-8-11(9-10)16-3/h6-9,12H,4-5H2,1-3H3,(H2,14,17). The van der Waals surface area contributed by atoms with E-state index in [9.17, 15) is 0 Å². The molecule has 0 saturated heterocycles. The molecule has 0 amide bonds. The molecule has 0 fully saturated rings. The second kappa shape index (κ2) is 6.57. The van der Waals surface area contributed by atoms with Crippen LogP contribution in [0.4, 0.5) is 0 Å². The van der Waals surface area contributed by atoms with Crippen LogP contribution in [0.2, 0.25) is 0 Å². The second-order valence-electron chi connectivity index (χ2n) is 3.80. The van der Waals surface area contributed by atoms with E-state index in [1.165, 1.54) is 0 Å². The maximum Gasteiger partial charge on any atom is 0.119 e. The number of ether oxygens (including phenoxy) is 1. The Morgan fingerprint density at radius 1 is 1.41 bits per heavy atom. The number of nitrogens with zero attached hydrogens (tertiary/aromatic N) is 1. The number of hydrogen-bond donors (Lipinski definition) is 1. The first-order valence-corrected chi connectivity index (χ1v) is 6.22. The molecule has 0 heterocycles. The number of rotatable bonds is 6. The Bertz CT molecular complexity index is 377. The summed E-state index contributed by atoms with van der Waals surface area (Å²) in [7, 11) is 1.66. The highest BCUT2D eigenvalue weighted by atomic mass is 32.1. The van der Waals surface area contributed by atoms with Crippen molar-refractivity contribution in [3.8, 4) is 5.75 Å². The largest absolute Gasteiger partial charge is 0.497 e. The zero-order valence-electron chi connectivity index (χ0n) is 10.6. The molecule has 0 spiro atoms. The quantitative estimate of drug-likeness (QED) is 0.789. The van der Waals surface area contributed by atoms with Gasteiger partial charge in [0.25, 0.3) is 0 Å². The summed E-state index contributed by atoms with van der Waals surface area (Å²) < 4.78 is 5.23. The molecule has 2 N–H and O–H groups in total. The third-order valence-corrected chi connectivity index (χ3v) is 3.08. The van der Waals surface area contributed by atoms with Gasteiger partial charge in [-0.2, -0.15) is 0 Å². The van der Waals surface area contributed by atoms with Gasteiger partial charge in [-0.1, -0.05) is 38.2 Å². The highest BCUT2D eigenvalue weighted by Crippen LogP contribution is 2.24. The van der Waals surface area contributed by atoms with Gasteiger partial charge in [0.1, 0.15) is 5.75 Å². The molecular weight excluding hydrogens is 232 g/mol. The van der Waals surface area contributed by atoms with E-state index in [2.05, 4.69) is 18.7 Å². The Morgan fingerprint density at radius 2 is 2.06 bits per heavy atom. The number of likely N-dealkylation sites (N-methyl/N-ethyl adjacent to an activating group) is 1. The lowest BCUT2D eigenvalue weighted by atomic mass is 10.0. The molecule has 1 aromatic carbocycles. The molecule has 1 rings (SSSR count). The zero-order valence-corrected chi connectivity index (χ0v) is 11.5. The average molecular weight is 252 g/mol. The summed E-state index contributed by atoms with van der Waals surface area (Å²) in [6.45, 7) is 6.04. The van der Waals surface area contributed by atoms with Crippen molar-refractivity contribution in [3.05, 3.63) is 29.8 Å². The van der Waals surface area contributed by atoms with Crippen molar-refractivity contribution in [1.82, 2.24) is 4.90 Å². The zero-order chi connectivity index (χ0) is 12.8. The third-order valence-electron chi connectivity index (χ3n) is 2.86. The van der Waals surface area contributed by atoms with Gasteiger partial charge in [0.15, 0.2) is 0 Å². The van der Waals surface area contributed by atoms with E-state index in [0.29, 0.717) is 4.99 Å². The maximum absolute atomic E-state index is 5.86. The van der Waals surface area contributed by atoms with Crippen molar-refractivity contribution in [2.75, 3.05) is 20.2 Å². The molecule has 1 unspecified atom stereocenters. The summed E-state index contributed by atoms with van der Waals surface area (Å²) in [6, 6.07) is 7.88. The molecule has 0 bridgehead atoms. The van der Waals surface area contributed by atoms with Gasteiger partial charge in [0, 0.05) is 0 Å². The summed E-state index contributed by atoms with van der Waals surface area (Å²) in [5.74, 6) is 0.830. The molecule has 0 saturated carbocycles. The molecule has 1 aromatic rings. The van der Waals surface area contributed by atoms with Gasteiger partial charge in [0.2, 0.25) is 0 Å². The lowest BCUT2D eigenvalue weighted by molar-refractivity contribution is 0.271. The summed E-state index contributed by atoms with van der Waals surface area (Å²) in [5, 5.41) is 0. The Kier molecular flexibility index (Phi) is 5.38. The first-order chi connectivity index (χ1) is 8.13. The van der Waals surface area contributed by atoms with Gasteiger partial charge >= 0.3 is 0 Å². The summed E-state index contributed by atoms with van der Waals surface area (Å²) in [6.07, 6.45) is 0. The minimum Gasteiger partial charge on any atom is -0.497 e. The van der Waals surface area contributed by atoms with Gasteiger partial charge in [0.05, 0.1) is 18.1 Å². The van der Waals surface area contributed by atoms with Crippen molar-refractivity contribution in [1.29, 1.82) is 0 Å². The predicted molar refractivity (Wildman–Crippen MR) is 75.4 cm³/mol. The van der Waals surface area contributed by atoms with Crippen LogP contribution in [0.1, 0.15) is 25.5 Å². The normalized spacial score (nSPS) is 12.5. The predicted octanol–water partition coefficient (Wildman–Crippen LogP) is 2.36. The van der Waals surface area contributed by atoms with E-state index in [1.807, 2.05) is 24.3 Å². The molecule has 3 nitrogen and oxygen atoms in total. The van der Waals surface area contributed by atoms with E-state index >= 15 is 0 Å². The summed E-state index contributed by atoms with van der Waals surface area (Å²) >= 11 is 5.18. The van der Waals surface area contributed by atoms with Crippen molar-refractivity contribution in [2.45, 2.75) is 19.9 Å². The fourth-order valence-corrected chi connectivity index (χ4v) is 2.24. The second-order valence-corrected chi connectivity index (χ2v) is 4.27. The fraction of sp³-hybridized carbons (Fsp3) is 0.462. The summed E-state index contributed by atoms with van der Waals surface area (Å²) in [5.41, 5.74) is 6.95. The molecule has 1 atom stereocenters. The molecule has 0 radical (unpaired) electrons. The molecule has 0 aromatic heterocycles. The highest BCUT2D eigenvalue weighted by Gasteiger charge is 2.20. The maximum atomic E-state index is 5.86. The van der Waals surface area contributed by atoms with Gasteiger partial charge in [-0.3, -0.25) is 4.90 Å². The Labute approximate surface area is 109 Å². The topological polar surface area (TPSA) is 38.5 Å². The van der Waals surface area contributed by atoms with Crippen LogP contribution < -0.4 is 10.5 Å². The van der Waals surface area contributed by atoms with Crippen LogP contribution in [-0.4, -0.2) is 30.1 Å². The number of methoxy groups -OCH3 is 1. The van der Waals surface area contributed by atoms with Crippen LogP contribution in [0.25, 0.3) is 0 Å². The molecule has 0 aliphatic carbocycles. The van der Waals surface area contributed by atoms with E-state index < -0.39 is 0 Å². The minimum absolute atomic E-state index is 0.0184. The smallest absolute Gasteiger partial charge is 0.119 e. The van der Waals surface area contributed by atoms with Gasteiger partial charge in [-0.05, 0) is 30.8 Å². The molecule has 0 aliphatic heterocycles. The molecule has 0 aliphatic rings. The lowest BCUT2D eigenvalue weighted by Crippen LogP contribution is -2.36. The van der Waals surface area contributed by atoms with E-state index in [0.717, 1.165) is 24.4 Å². The van der Waals surface area contributed by atoms with Crippen LogP contribution in [0, 0.1) is 0 Å². The number of hydrogen-bond acceptors (Lipinski definition) is 3. The molecule has 94 valence electrons. The van der Waals surface area contributed by atoms with Crippen molar-refractivity contribution >= 4 is 17.2 Å². The van der Waals surface area contributed by atoms with Gasteiger partial charge in [-0.25, -0.2) is 0 Å². The molecule has 17 heavy (non-hydrogen) atoms. The SMILES string of the molecule is CCN(CC)C(C(N)=S)c1cccc(OC)c1. The fourth-order valence-electron chi connectivity index (χ4n) is 1.96. The minimum atomic E-state index is -0.0184. The van der Waals surface area contributed by atoms with Crippen LogP contribution in [-0.2, 0) is 0 Å². The molecular formula is C13H20N2OS. The Hall–Kier alpha value is -1.13. The Balaban J connectivity index is 3.08. The van der Waals surface area contributed by atoms with Gasteiger partial charge in [-0.15, -0.1) is 0 Å². The lowest BCUT2D eigenvalue weighted by Gasteiger charge is -2.29. The van der Waals surface area contributed by atoms with E-state index in [-0.39, 0.29) is 6.04 Å². The van der Waals surface area contributed by atoms with E-state index in [4.69, 9.17) is 22.7 Å². The third kappa shape index (κ3) is 3.41. The summed E-state index contributed by atoms with van der Waals surface area (Å²) in [4.78, 5) is 2.74. The highest BCUT2D eigenvalue weighted by molar-refractivity contribution is 7.80. The first-order valence-electron chi connectivity index (χ1n) is 5.81. The van der Waals surface area contributed by atoms with Crippen LogP contribution >= 0.6 is 12.2 Å². The number of benzene rings is 1. The van der Waals surface area contributed by atoms with Crippen LogP contribution in [0.3, 0.4) is 0 Å². The number of nitrogens with two attached hydrogens (primary N) is 1. The monoisotopic (exact) mass is 252 g/mol. The molecule has 4 heteroatoms. The van der Waals surface area contributed by atoms with Crippen LogP contribution in [0.15, 0.2) is 24.3 Å². The van der Waals surface area contributed by atoms with Crippen LogP contribution in [0.5, 0.6) is 5.75 Å².